The van der Waals surface area contributed by atoms with Crippen LogP contribution in [0.3, 0.4) is 0 Å². The van der Waals surface area contributed by atoms with Gasteiger partial charge < -0.3 is 14.2 Å². The topological polar surface area (TPSA) is 44.8 Å². The van der Waals surface area contributed by atoms with E-state index >= 15 is 0 Å². The summed E-state index contributed by atoms with van der Waals surface area (Å²) in [6.45, 7) is 5.91. The second-order valence-electron chi connectivity index (χ2n) is 10.3. The van der Waals surface area contributed by atoms with Gasteiger partial charge in [0, 0.05) is 0 Å². The molecule has 0 aromatic heterocycles. The van der Waals surface area contributed by atoms with Crippen LogP contribution in [0, 0.1) is 11.8 Å². The van der Waals surface area contributed by atoms with E-state index in [1.807, 2.05) is 24.3 Å². The van der Waals surface area contributed by atoms with E-state index in [2.05, 4.69) is 26.0 Å². The molecule has 1 aliphatic rings. The molecule has 0 aliphatic heterocycles. The zero-order chi connectivity index (χ0) is 26.1. The Kier molecular flexibility index (Phi) is 13.2. The lowest BCUT2D eigenvalue weighted by molar-refractivity contribution is 0.0734. The van der Waals surface area contributed by atoms with Crippen molar-refractivity contribution in [3.63, 3.8) is 0 Å². The fourth-order valence-electron chi connectivity index (χ4n) is 4.75. The number of hydrogen-bond donors (Lipinski definition) is 0. The molecule has 0 saturated heterocycles. The average Bonchev–Trinajstić information content (AvgIpc) is 2.93. The summed E-state index contributed by atoms with van der Waals surface area (Å²) in [6, 6.07) is 14.5. The van der Waals surface area contributed by atoms with E-state index in [0.29, 0.717) is 23.8 Å². The summed E-state index contributed by atoms with van der Waals surface area (Å²) in [4.78, 5) is 12.5. The lowest BCUT2D eigenvalue weighted by Crippen LogP contribution is -2.19. The molecule has 1 aliphatic carbocycles. The minimum Gasteiger partial charge on any atom is -0.494 e. The van der Waals surface area contributed by atoms with Crippen molar-refractivity contribution in [2.45, 2.75) is 90.9 Å². The molecule has 3 rings (SSSR count). The van der Waals surface area contributed by atoms with Crippen LogP contribution in [0.2, 0.25) is 0 Å². The van der Waals surface area contributed by atoms with Gasteiger partial charge >= 0.3 is 5.97 Å². The molecule has 0 N–H and O–H groups in total. The highest BCUT2D eigenvalue weighted by Crippen LogP contribution is 2.30. The van der Waals surface area contributed by atoms with Crippen LogP contribution in [0.25, 0.3) is 0 Å². The van der Waals surface area contributed by atoms with Gasteiger partial charge in [-0.15, -0.1) is 0 Å². The highest BCUT2D eigenvalue weighted by atomic mass is 16.5. The molecule has 2 aromatic carbocycles. The summed E-state index contributed by atoms with van der Waals surface area (Å²) in [5.41, 5.74) is 0.507. The van der Waals surface area contributed by atoms with Crippen LogP contribution in [0.5, 0.6) is 17.2 Å². The van der Waals surface area contributed by atoms with E-state index in [0.717, 1.165) is 30.4 Å². The maximum absolute atomic E-state index is 12.5. The maximum atomic E-state index is 12.5. The molecule has 37 heavy (non-hydrogen) atoms. The fraction of sp³-hybridized carbons (Fsp3) is 0.545. The molecule has 0 unspecified atom stereocenters. The summed E-state index contributed by atoms with van der Waals surface area (Å²) in [5.74, 6) is 3.10. The average molecular weight is 507 g/mol. The molecular formula is C33H46O4. The standard InChI is InChI=1S/C33H46O4/c1-3-5-7-8-9-11-25-35-30-19-17-29(18-20-30)33(34)37-32-23-21-31(22-24-32)36-26-28-15-13-27(14-16-28)12-10-6-4-2/h10,12,17-24,27-28H,3-9,11,13-16,25-26H2,1-2H3/b12-10+/t27-,28-. The number of hydrogen-bond acceptors (Lipinski definition) is 4. The van der Waals surface area contributed by atoms with Gasteiger partial charge in [-0.1, -0.05) is 64.5 Å². The molecule has 1 saturated carbocycles. The van der Waals surface area contributed by atoms with Gasteiger partial charge in [0.05, 0.1) is 18.8 Å². The van der Waals surface area contributed by atoms with E-state index < -0.39 is 0 Å². The number of unbranched alkanes of at least 4 members (excludes halogenated alkanes) is 6. The molecule has 0 radical (unpaired) electrons. The van der Waals surface area contributed by atoms with Crippen LogP contribution in [-0.2, 0) is 0 Å². The van der Waals surface area contributed by atoms with Crippen molar-refractivity contribution in [3.05, 3.63) is 66.2 Å². The minimum absolute atomic E-state index is 0.374. The van der Waals surface area contributed by atoms with Crippen LogP contribution in [0.15, 0.2) is 60.7 Å². The van der Waals surface area contributed by atoms with Gasteiger partial charge in [0.15, 0.2) is 0 Å². The van der Waals surface area contributed by atoms with Crippen LogP contribution >= 0.6 is 0 Å². The first-order chi connectivity index (χ1) is 18.2. The Morgan fingerprint density at radius 3 is 2.08 bits per heavy atom. The molecule has 0 heterocycles. The van der Waals surface area contributed by atoms with E-state index in [1.54, 1.807) is 24.3 Å². The zero-order valence-electron chi connectivity index (χ0n) is 23.0. The predicted octanol–water partition coefficient (Wildman–Crippen LogP) is 9.19. The summed E-state index contributed by atoms with van der Waals surface area (Å²) in [5, 5.41) is 0. The van der Waals surface area contributed by atoms with Gasteiger partial charge in [0.1, 0.15) is 17.2 Å². The fourth-order valence-corrected chi connectivity index (χ4v) is 4.75. The molecule has 0 bridgehead atoms. The van der Waals surface area contributed by atoms with Crippen molar-refractivity contribution in [3.8, 4) is 17.2 Å². The van der Waals surface area contributed by atoms with Crippen molar-refractivity contribution in [2.75, 3.05) is 13.2 Å². The predicted molar refractivity (Wildman–Crippen MR) is 152 cm³/mol. The third kappa shape index (κ3) is 11.0. The molecule has 4 nitrogen and oxygen atoms in total. The molecule has 202 valence electrons. The first-order valence-electron chi connectivity index (χ1n) is 14.5. The molecule has 0 atom stereocenters. The van der Waals surface area contributed by atoms with Crippen molar-refractivity contribution in [2.24, 2.45) is 11.8 Å². The van der Waals surface area contributed by atoms with Crippen molar-refractivity contribution >= 4 is 5.97 Å². The number of carbonyl (C=O) groups excluding carboxylic acids is 1. The summed E-state index contributed by atoms with van der Waals surface area (Å²) >= 11 is 0. The normalized spacial score (nSPS) is 17.6. The Morgan fingerprint density at radius 2 is 1.38 bits per heavy atom. The first kappa shape index (κ1) is 28.8. The molecule has 4 heteroatoms. The molecule has 1 fully saturated rings. The van der Waals surface area contributed by atoms with Gasteiger partial charge in [0.2, 0.25) is 0 Å². The van der Waals surface area contributed by atoms with E-state index in [-0.39, 0.29) is 5.97 Å². The van der Waals surface area contributed by atoms with E-state index in [1.165, 1.54) is 70.6 Å². The molecular weight excluding hydrogens is 460 g/mol. The lowest BCUT2D eigenvalue weighted by atomic mass is 9.82. The molecule has 0 amide bonds. The second-order valence-corrected chi connectivity index (χ2v) is 10.3. The third-order valence-corrected chi connectivity index (χ3v) is 7.13. The number of allylic oxidation sites excluding steroid dienone is 2. The quantitative estimate of drug-likeness (QED) is 0.0985. The Hall–Kier alpha value is -2.75. The van der Waals surface area contributed by atoms with Gasteiger partial charge in [-0.25, -0.2) is 4.79 Å². The lowest BCUT2D eigenvalue weighted by Gasteiger charge is -2.26. The van der Waals surface area contributed by atoms with Gasteiger partial charge in [0.25, 0.3) is 0 Å². The largest absolute Gasteiger partial charge is 0.494 e. The number of carbonyl (C=O) groups is 1. The molecule has 2 aromatic rings. The summed E-state index contributed by atoms with van der Waals surface area (Å²) < 4.78 is 17.4. The van der Waals surface area contributed by atoms with E-state index in [4.69, 9.17) is 14.2 Å². The van der Waals surface area contributed by atoms with Crippen molar-refractivity contribution < 1.29 is 19.0 Å². The minimum atomic E-state index is -0.374. The molecule has 0 spiro atoms. The van der Waals surface area contributed by atoms with Gasteiger partial charge in [-0.3, -0.25) is 0 Å². The van der Waals surface area contributed by atoms with Gasteiger partial charge in [-0.05, 0) is 98.9 Å². The van der Waals surface area contributed by atoms with Crippen molar-refractivity contribution in [1.82, 2.24) is 0 Å². The van der Waals surface area contributed by atoms with Crippen LogP contribution < -0.4 is 14.2 Å². The second kappa shape index (κ2) is 16.9. The number of benzene rings is 2. The zero-order valence-corrected chi connectivity index (χ0v) is 23.0. The number of rotatable bonds is 16. The monoisotopic (exact) mass is 506 g/mol. The summed E-state index contributed by atoms with van der Waals surface area (Å²) in [6.07, 6.45) is 19.6. The SMILES string of the molecule is CCC/C=C/[C@H]1CC[C@H](COc2ccc(OC(=O)c3ccc(OCCCCCCCC)cc3)cc2)CC1. The smallest absolute Gasteiger partial charge is 0.343 e. The number of esters is 1. The van der Waals surface area contributed by atoms with Crippen LogP contribution in [0.4, 0.5) is 0 Å². The Balaban J connectivity index is 1.34. The number of ether oxygens (including phenoxy) is 3. The Labute approximate surface area is 224 Å². The Morgan fingerprint density at radius 1 is 0.757 bits per heavy atom. The Bertz CT molecular complexity index is 908. The first-order valence-corrected chi connectivity index (χ1v) is 14.5. The highest BCUT2D eigenvalue weighted by Gasteiger charge is 2.20. The van der Waals surface area contributed by atoms with Gasteiger partial charge in [-0.2, -0.15) is 0 Å². The third-order valence-electron chi connectivity index (χ3n) is 7.13. The van der Waals surface area contributed by atoms with Crippen molar-refractivity contribution in [1.29, 1.82) is 0 Å². The van der Waals surface area contributed by atoms with Crippen LogP contribution in [0.1, 0.15) is 101 Å². The van der Waals surface area contributed by atoms with Crippen LogP contribution in [-0.4, -0.2) is 19.2 Å². The maximum Gasteiger partial charge on any atom is 0.343 e. The van der Waals surface area contributed by atoms with E-state index in [9.17, 15) is 4.79 Å². The highest BCUT2D eigenvalue weighted by molar-refractivity contribution is 5.91. The summed E-state index contributed by atoms with van der Waals surface area (Å²) in [7, 11) is 0.